The minimum Gasteiger partial charge on any atom is -0.393 e. The molecule has 0 amide bonds. The molecule has 0 bridgehead atoms. The summed E-state index contributed by atoms with van der Waals surface area (Å²) in [7, 11) is 0. The van der Waals surface area contributed by atoms with E-state index < -0.39 is 5.60 Å². The number of benzene rings is 1. The fraction of sp³-hybridized carbons (Fsp3) is 0.704. The Kier molecular flexibility index (Phi) is 4.65. The molecule has 29 heavy (non-hydrogen) atoms. The first-order chi connectivity index (χ1) is 13.9. The van der Waals surface area contributed by atoms with Gasteiger partial charge in [0.05, 0.1) is 6.10 Å². The van der Waals surface area contributed by atoms with E-state index in [0.29, 0.717) is 17.3 Å². The van der Waals surface area contributed by atoms with Gasteiger partial charge in [-0.3, -0.25) is 0 Å². The highest BCUT2D eigenvalue weighted by molar-refractivity contribution is 5.38. The number of aliphatic hydroxyl groups is 2. The van der Waals surface area contributed by atoms with Crippen molar-refractivity contribution in [2.24, 2.45) is 34.5 Å². The predicted molar refractivity (Wildman–Crippen MR) is 116 cm³/mol. The van der Waals surface area contributed by atoms with E-state index in [1.54, 1.807) is 0 Å². The third-order valence-electron chi connectivity index (χ3n) is 9.98. The summed E-state index contributed by atoms with van der Waals surface area (Å²) in [6, 6.07) is 10.1. The Bertz CT molecular complexity index is 822. The summed E-state index contributed by atoms with van der Waals surface area (Å²) in [6.07, 6.45) is 9.86. The largest absolute Gasteiger partial charge is 0.393 e. The van der Waals surface area contributed by atoms with Crippen LogP contribution in [-0.2, 0) is 0 Å². The first-order valence-electron chi connectivity index (χ1n) is 11.8. The van der Waals surface area contributed by atoms with Gasteiger partial charge in [-0.15, -0.1) is 0 Å². The molecule has 0 radical (unpaired) electrons. The van der Waals surface area contributed by atoms with Gasteiger partial charge < -0.3 is 10.2 Å². The smallest absolute Gasteiger partial charge is 0.131 e. The summed E-state index contributed by atoms with van der Waals surface area (Å²) >= 11 is 0. The Labute approximate surface area is 176 Å². The van der Waals surface area contributed by atoms with Gasteiger partial charge in [0, 0.05) is 11.0 Å². The van der Waals surface area contributed by atoms with Gasteiger partial charge in [-0.05, 0) is 99.0 Å². The summed E-state index contributed by atoms with van der Waals surface area (Å²) in [5, 5.41) is 21.9. The summed E-state index contributed by atoms with van der Waals surface area (Å²) in [4.78, 5) is 0. The summed E-state index contributed by atoms with van der Waals surface area (Å²) < 4.78 is 0. The molecule has 4 aliphatic carbocycles. The van der Waals surface area contributed by atoms with Gasteiger partial charge >= 0.3 is 0 Å². The monoisotopic (exact) mass is 392 g/mol. The van der Waals surface area contributed by atoms with E-state index >= 15 is 0 Å². The van der Waals surface area contributed by atoms with Gasteiger partial charge in [-0.2, -0.15) is 0 Å². The van der Waals surface area contributed by atoms with Crippen molar-refractivity contribution < 1.29 is 10.2 Å². The van der Waals surface area contributed by atoms with E-state index in [2.05, 4.69) is 25.7 Å². The first kappa shape index (κ1) is 19.7. The van der Waals surface area contributed by atoms with Crippen molar-refractivity contribution in [2.45, 2.75) is 83.3 Å². The lowest BCUT2D eigenvalue weighted by molar-refractivity contribution is -0.144. The van der Waals surface area contributed by atoms with Crippen molar-refractivity contribution in [3.05, 3.63) is 35.9 Å². The minimum atomic E-state index is -0.862. The van der Waals surface area contributed by atoms with Gasteiger partial charge in [-0.25, -0.2) is 0 Å². The molecule has 4 saturated carbocycles. The third kappa shape index (κ3) is 2.92. The molecule has 8 atom stereocenters. The highest BCUT2D eigenvalue weighted by Gasteiger charge is 2.64. The maximum atomic E-state index is 11.7. The maximum absolute atomic E-state index is 11.7. The van der Waals surface area contributed by atoms with Crippen LogP contribution >= 0.6 is 0 Å². The van der Waals surface area contributed by atoms with Crippen LogP contribution in [0.25, 0.3) is 0 Å². The van der Waals surface area contributed by atoms with Gasteiger partial charge in [0.15, 0.2) is 0 Å². The van der Waals surface area contributed by atoms with Gasteiger partial charge in [0.1, 0.15) is 5.60 Å². The molecule has 4 aliphatic rings. The number of aliphatic hydroxyl groups excluding tert-OH is 1. The van der Waals surface area contributed by atoms with Crippen LogP contribution in [0.15, 0.2) is 30.3 Å². The van der Waals surface area contributed by atoms with E-state index in [4.69, 9.17) is 0 Å². The topological polar surface area (TPSA) is 40.5 Å². The molecular weight excluding hydrogens is 356 g/mol. The van der Waals surface area contributed by atoms with E-state index in [1.807, 2.05) is 30.3 Å². The summed E-state index contributed by atoms with van der Waals surface area (Å²) in [5.41, 5.74) is 0.433. The second-order valence-electron chi connectivity index (χ2n) is 11.1. The lowest BCUT2D eigenvalue weighted by Gasteiger charge is -2.61. The van der Waals surface area contributed by atoms with Crippen LogP contribution in [0.2, 0.25) is 0 Å². The van der Waals surface area contributed by atoms with Gasteiger partial charge in [0.25, 0.3) is 0 Å². The lowest BCUT2D eigenvalue weighted by Crippen LogP contribution is -2.56. The van der Waals surface area contributed by atoms with E-state index in [0.717, 1.165) is 49.5 Å². The molecule has 0 heterocycles. The quantitative estimate of drug-likeness (QED) is 0.598. The molecule has 4 fully saturated rings. The molecule has 2 N–H and O–H groups in total. The molecule has 1 aromatic carbocycles. The number of hydrogen-bond donors (Lipinski definition) is 2. The number of hydrogen-bond acceptors (Lipinski definition) is 2. The van der Waals surface area contributed by atoms with Crippen molar-refractivity contribution in [2.75, 3.05) is 0 Å². The highest BCUT2D eigenvalue weighted by Crippen LogP contribution is 2.68. The molecule has 0 unspecified atom stereocenters. The van der Waals surface area contributed by atoms with E-state index in [-0.39, 0.29) is 11.5 Å². The van der Waals surface area contributed by atoms with Crippen molar-refractivity contribution in [1.82, 2.24) is 0 Å². The molecule has 156 valence electrons. The zero-order valence-corrected chi connectivity index (χ0v) is 18.0. The van der Waals surface area contributed by atoms with E-state index in [9.17, 15) is 10.2 Å². The minimum absolute atomic E-state index is 0.0803. The summed E-state index contributed by atoms with van der Waals surface area (Å²) in [5.74, 6) is 9.40. The Morgan fingerprint density at radius 3 is 2.45 bits per heavy atom. The average molecular weight is 393 g/mol. The van der Waals surface area contributed by atoms with Gasteiger partial charge in [-0.1, -0.05) is 43.9 Å². The van der Waals surface area contributed by atoms with Crippen molar-refractivity contribution in [1.29, 1.82) is 0 Å². The van der Waals surface area contributed by atoms with Crippen LogP contribution in [-0.4, -0.2) is 21.9 Å². The number of fused-ring (bicyclic) bond motifs is 5. The average Bonchev–Trinajstić information content (AvgIpc) is 2.99. The molecule has 0 aliphatic heterocycles. The summed E-state index contributed by atoms with van der Waals surface area (Å²) in [6.45, 7) is 4.86. The normalized spacial score (nSPS) is 48.6. The maximum Gasteiger partial charge on any atom is 0.131 e. The van der Waals surface area contributed by atoms with Crippen LogP contribution in [0.4, 0.5) is 0 Å². The van der Waals surface area contributed by atoms with Crippen LogP contribution in [0.3, 0.4) is 0 Å². The molecule has 0 aromatic heterocycles. The molecule has 2 heteroatoms. The lowest BCUT2D eigenvalue weighted by atomic mass is 9.44. The van der Waals surface area contributed by atoms with Crippen LogP contribution in [0.5, 0.6) is 0 Å². The molecular formula is C27H36O2. The zero-order chi connectivity index (χ0) is 20.3. The zero-order valence-electron chi connectivity index (χ0n) is 18.0. The second kappa shape index (κ2) is 6.86. The molecule has 5 rings (SSSR count). The van der Waals surface area contributed by atoms with Gasteiger partial charge in [0.2, 0.25) is 0 Å². The van der Waals surface area contributed by atoms with E-state index in [1.165, 1.54) is 25.7 Å². The first-order valence-corrected chi connectivity index (χ1v) is 11.8. The van der Waals surface area contributed by atoms with Crippen LogP contribution in [0, 0.1) is 46.3 Å². The fourth-order valence-corrected chi connectivity index (χ4v) is 8.15. The Balaban J connectivity index is 1.42. The standard InChI is InChI=1S/C27H36O2/c1-25-14-11-21(28)18-20(25)8-9-22-23(25)12-15-26(2)24(22)13-17-27(26,29)16-10-19-6-4-3-5-7-19/h3-7,20-24,28-29H,8-9,11-15,17-18H2,1-2H3/t20-,21+,22-,23-,24+,25+,26-,27-/m0/s1. The fourth-order valence-electron chi connectivity index (χ4n) is 8.15. The second-order valence-corrected chi connectivity index (χ2v) is 11.1. The molecule has 0 spiro atoms. The molecule has 2 nitrogen and oxygen atoms in total. The van der Waals surface area contributed by atoms with Crippen molar-refractivity contribution in [3.8, 4) is 11.8 Å². The number of rotatable bonds is 0. The molecule has 0 saturated heterocycles. The van der Waals surface area contributed by atoms with Crippen LogP contribution in [0.1, 0.15) is 77.2 Å². The Hall–Kier alpha value is -1.30. The Morgan fingerprint density at radius 2 is 1.66 bits per heavy atom. The van der Waals surface area contributed by atoms with Crippen LogP contribution < -0.4 is 0 Å². The van der Waals surface area contributed by atoms with Crippen molar-refractivity contribution in [3.63, 3.8) is 0 Å². The highest BCUT2D eigenvalue weighted by atomic mass is 16.3. The molecule has 1 aromatic rings. The SMILES string of the molecule is C[C@@]12CC[C@@H](O)C[C@@H]1CC[C@@H]1[C@H]3CC[C@@](O)(C#Cc4ccccc4)[C@@]3(C)CC[C@@H]12. The van der Waals surface area contributed by atoms with Crippen molar-refractivity contribution >= 4 is 0 Å². The predicted octanol–water partition coefficient (Wildman–Crippen LogP) is 5.17. The third-order valence-corrected chi connectivity index (χ3v) is 9.98. The Morgan fingerprint density at radius 1 is 0.897 bits per heavy atom.